The Kier molecular flexibility index (Phi) is 2.84. The molecule has 2 aromatic rings. The standard InChI is InChI=1S/C16H15NO2/c1-19-16(11-12-7-3-2-4-8-12)14-10-6-5-9-13(14)15(18)17-16/h2-10H,11H2,1H3,(H,17,18). The highest BCUT2D eigenvalue weighted by molar-refractivity contribution is 5.99. The molecule has 1 atom stereocenters. The zero-order chi connectivity index (χ0) is 13.3. The maximum absolute atomic E-state index is 12.0. The van der Waals surface area contributed by atoms with Crippen molar-refractivity contribution in [3.63, 3.8) is 0 Å². The molecule has 0 saturated carbocycles. The lowest BCUT2D eigenvalue weighted by atomic mass is 9.95. The van der Waals surface area contributed by atoms with Gasteiger partial charge < -0.3 is 10.1 Å². The first-order valence-corrected chi connectivity index (χ1v) is 6.26. The molecule has 1 amide bonds. The van der Waals surface area contributed by atoms with Crippen molar-refractivity contribution in [2.45, 2.75) is 12.1 Å². The van der Waals surface area contributed by atoms with Gasteiger partial charge in [0.25, 0.3) is 5.91 Å². The van der Waals surface area contributed by atoms with Gasteiger partial charge in [-0.15, -0.1) is 0 Å². The number of hydrogen-bond donors (Lipinski definition) is 1. The fraction of sp³-hybridized carbons (Fsp3) is 0.188. The van der Waals surface area contributed by atoms with E-state index < -0.39 is 5.72 Å². The van der Waals surface area contributed by atoms with E-state index >= 15 is 0 Å². The second kappa shape index (κ2) is 4.52. The molecule has 1 aliphatic rings. The van der Waals surface area contributed by atoms with Crippen LogP contribution in [0, 0.1) is 0 Å². The maximum Gasteiger partial charge on any atom is 0.254 e. The summed E-state index contributed by atoms with van der Waals surface area (Å²) in [7, 11) is 1.63. The highest BCUT2D eigenvalue weighted by atomic mass is 16.5. The number of fused-ring (bicyclic) bond motifs is 1. The summed E-state index contributed by atoms with van der Waals surface area (Å²) in [6.07, 6.45) is 0.618. The van der Waals surface area contributed by atoms with Crippen molar-refractivity contribution in [3.05, 3.63) is 71.3 Å². The van der Waals surface area contributed by atoms with E-state index in [2.05, 4.69) is 5.32 Å². The summed E-state index contributed by atoms with van der Waals surface area (Å²) in [5, 5.41) is 2.97. The Morgan fingerprint density at radius 2 is 1.74 bits per heavy atom. The minimum Gasteiger partial charge on any atom is -0.354 e. The second-order valence-electron chi connectivity index (χ2n) is 4.69. The Morgan fingerprint density at radius 1 is 1.05 bits per heavy atom. The molecule has 0 bridgehead atoms. The minimum atomic E-state index is -0.755. The summed E-state index contributed by atoms with van der Waals surface area (Å²) >= 11 is 0. The van der Waals surface area contributed by atoms with E-state index in [-0.39, 0.29) is 5.91 Å². The number of carbonyl (C=O) groups excluding carboxylic acids is 1. The fourth-order valence-electron chi connectivity index (χ4n) is 2.61. The average Bonchev–Trinajstić information content (AvgIpc) is 2.74. The molecule has 96 valence electrons. The SMILES string of the molecule is COC1(Cc2ccccc2)NC(=O)c2ccccc21. The lowest BCUT2D eigenvalue weighted by Crippen LogP contribution is -2.43. The molecule has 0 spiro atoms. The average molecular weight is 253 g/mol. The Bertz CT molecular complexity index is 609. The molecular formula is C16H15NO2. The molecule has 0 aromatic heterocycles. The van der Waals surface area contributed by atoms with E-state index in [1.807, 2.05) is 54.6 Å². The van der Waals surface area contributed by atoms with Gasteiger partial charge >= 0.3 is 0 Å². The Hall–Kier alpha value is -2.13. The van der Waals surface area contributed by atoms with Gasteiger partial charge in [0.2, 0.25) is 0 Å². The summed E-state index contributed by atoms with van der Waals surface area (Å²) in [5.41, 5.74) is 1.97. The molecule has 0 saturated heterocycles. The van der Waals surface area contributed by atoms with E-state index in [4.69, 9.17) is 4.74 Å². The van der Waals surface area contributed by atoms with Crippen LogP contribution in [0.25, 0.3) is 0 Å². The van der Waals surface area contributed by atoms with Crippen LogP contribution >= 0.6 is 0 Å². The molecule has 3 rings (SSSR count). The third-order valence-corrected chi connectivity index (χ3v) is 3.57. The largest absolute Gasteiger partial charge is 0.354 e. The van der Waals surface area contributed by atoms with Gasteiger partial charge in [-0.2, -0.15) is 0 Å². The molecule has 19 heavy (non-hydrogen) atoms. The lowest BCUT2D eigenvalue weighted by molar-refractivity contribution is -0.0309. The predicted molar refractivity (Wildman–Crippen MR) is 72.7 cm³/mol. The molecule has 1 unspecified atom stereocenters. The van der Waals surface area contributed by atoms with Crippen molar-refractivity contribution in [2.24, 2.45) is 0 Å². The van der Waals surface area contributed by atoms with Crippen LogP contribution in [0.1, 0.15) is 21.5 Å². The number of nitrogens with one attached hydrogen (secondary N) is 1. The summed E-state index contributed by atoms with van der Waals surface area (Å²) in [4.78, 5) is 12.0. The summed E-state index contributed by atoms with van der Waals surface area (Å²) < 4.78 is 5.67. The van der Waals surface area contributed by atoms with Gasteiger partial charge in [-0.25, -0.2) is 0 Å². The lowest BCUT2D eigenvalue weighted by Gasteiger charge is -2.29. The third-order valence-electron chi connectivity index (χ3n) is 3.57. The third kappa shape index (κ3) is 1.92. The molecular weight excluding hydrogens is 238 g/mol. The normalized spacial score (nSPS) is 21.0. The van der Waals surface area contributed by atoms with Gasteiger partial charge in [0.15, 0.2) is 5.72 Å². The highest BCUT2D eigenvalue weighted by Gasteiger charge is 2.42. The number of benzene rings is 2. The van der Waals surface area contributed by atoms with Crippen LogP contribution < -0.4 is 5.32 Å². The van der Waals surface area contributed by atoms with Crippen LogP contribution in [-0.2, 0) is 16.9 Å². The molecule has 0 aliphatic carbocycles. The first kappa shape index (κ1) is 11.9. The van der Waals surface area contributed by atoms with E-state index in [0.717, 1.165) is 11.1 Å². The van der Waals surface area contributed by atoms with E-state index in [1.54, 1.807) is 7.11 Å². The van der Waals surface area contributed by atoms with Crippen molar-refractivity contribution in [1.82, 2.24) is 5.32 Å². The quantitative estimate of drug-likeness (QED) is 0.912. The number of rotatable bonds is 3. The van der Waals surface area contributed by atoms with E-state index in [0.29, 0.717) is 12.0 Å². The first-order chi connectivity index (χ1) is 9.25. The van der Waals surface area contributed by atoms with Gasteiger partial charge in [0.1, 0.15) is 0 Å². The molecule has 1 N–H and O–H groups in total. The van der Waals surface area contributed by atoms with Crippen LogP contribution in [0.2, 0.25) is 0 Å². The van der Waals surface area contributed by atoms with Gasteiger partial charge in [-0.1, -0.05) is 48.5 Å². The molecule has 1 aliphatic heterocycles. The highest BCUT2D eigenvalue weighted by Crippen LogP contribution is 2.34. The van der Waals surface area contributed by atoms with Gasteiger partial charge in [0.05, 0.1) is 0 Å². The van der Waals surface area contributed by atoms with Crippen molar-refractivity contribution in [2.75, 3.05) is 7.11 Å². The first-order valence-electron chi connectivity index (χ1n) is 6.26. The molecule has 1 heterocycles. The maximum atomic E-state index is 12.0. The Labute approximate surface area is 112 Å². The number of hydrogen-bond acceptors (Lipinski definition) is 2. The number of ether oxygens (including phenoxy) is 1. The minimum absolute atomic E-state index is 0.0756. The van der Waals surface area contributed by atoms with Crippen LogP contribution in [0.15, 0.2) is 54.6 Å². The van der Waals surface area contributed by atoms with Gasteiger partial charge in [0, 0.05) is 24.7 Å². The van der Waals surface area contributed by atoms with Crippen molar-refractivity contribution < 1.29 is 9.53 Å². The van der Waals surface area contributed by atoms with Crippen LogP contribution in [0.5, 0.6) is 0 Å². The molecule has 0 radical (unpaired) electrons. The Balaban J connectivity index is 2.04. The fourth-order valence-corrected chi connectivity index (χ4v) is 2.61. The van der Waals surface area contributed by atoms with Crippen LogP contribution in [0.3, 0.4) is 0 Å². The molecule has 0 fully saturated rings. The number of amides is 1. The van der Waals surface area contributed by atoms with E-state index in [1.165, 1.54) is 0 Å². The number of methoxy groups -OCH3 is 1. The summed E-state index contributed by atoms with van der Waals surface area (Å²) in [6, 6.07) is 17.6. The zero-order valence-corrected chi connectivity index (χ0v) is 10.7. The predicted octanol–water partition coefficient (Wildman–Crippen LogP) is 2.47. The molecule has 3 nitrogen and oxygen atoms in total. The zero-order valence-electron chi connectivity index (χ0n) is 10.7. The van der Waals surface area contributed by atoms with E-state index in [9.17, 15) is 4.79 Å². The van der Waals surface area contributed by atoms with Gasteiger partial charge in [-0.05, 0) is 11.6 Å². The Morgan fingerprint density at radius 3 is 2.47 bits per heavy atom. The summed E-state index contributed by atoms with van der Waals surface area (Å²) in [5.74, 6) is -0.0756. The van der Waals surface area contributed by atoms with Crippen LogP contribution in [-0.4, -0.2) is 13.0 Å². The van der Waals surface area contributed by atoms with Crippen molar-refractivity contribution in [1.29, 1.82) is 0 Å². The molecule has 2 aromatic carbocycles. The monoisotopic (exact) mass is 253 g/mol. The smallest absolute Gasteiger partial charge is 0.254 e. The van der Waals surface area contributed by atoms with Gasteiger partial charge in [-0.3, -0.25) is 4.79 Å². The number of carbonyl (C=O) groups is 1. The van der Waals surface area contributed by atoms with Crippen molar-refractivity contribution >= 4 is 5.91 Å². The summed E-state index contributed by atoms with van der Waals surface area (Å²) in [6.45, 7) is 0. The van der Waals surface area contributed by atoms with Crippen molar-refractivity contribution in [3.8, 4) is 0 Å². The second-order valence-corrected chi connectivity index (χ2v) is 4.69. The topological polar surface area (TPSA) is 38.3 Å². The molecule has 3 heteroatoms. The van der Waals surface area contributed by atoms with Crippen LogP contribution in [0.4, 0.5) is 0 Å².